The molecule has 4 rings (SSSR count). The van der Waals surface area contributed by atoms with E-state index < -0.39 is 35.8 Å². The summed E-state index contributed by atoms with van der Waals surface area (Å²) in [4.78, 5) is 67.2. The second-order valence-electron chi connectivity index (χ2n) is 7.89. The highest BCUT2D eigenvalue weighted by atomic mass is 31.2. The molecule has 28 heteroatoms. The molecule has 1 unspecified atom stereocenters. The molecule has 0 spiro atoms. The van der Waals surface area contributed by atoms with Crippen LogP contribution in [-0.4, -0.2) is 40.9 Å². The fourth-order valence-electron chi connectivity index (χ4n) is 2.47. The van der Waals surface area contributed by atoms with E-state index in [1.165, 1.54) is 60.7 Å². The quantitative estimate of drug-likeness (QED) is 0.0870. The van der Waals surface area contributed by atoms with Crippen LogP contribution < -0.4 is 29.6 Å². The van der Waals surface area contributed by atoms with Gasteiger partial charge in [-0.15, -0.1) is 5.75 Å². The van der Waals surface area contributed by atoms with Crippen LogP contribution in [0.3, 0.4) is 0 Å². The van der Waals surface area contributed by atoms with E-state index >= 15 is 0 Å². The second-order valence-corrected chi connectivity index (χ2v) is 9.56. The van der Waals surface area contributed by atoms with Crippen molar-refractivity contribution in [2.75, 3.05) is 0 Å². The average molecular weight is 848 g/mol. The third kappa shape index (κ3) is 32.3. The zero-order valence-electron chi connectivity index (χ0n) is 25.3. The van der Waals surface area contributed by atoms with Crippen molar-refractivity contribution < 1.29 is 89.7 Å². The first kappa shape index (κ1) is 67.8. The lowest BCUT2D eigenvalue weighted by molar-refractivity contribution is -0.644. The molecular formula is C28H41N4O22P2-3. The van der Waals surface area contributed by atoms with Gasteiger partial charge in [0.15, 0.2) is 0 Å². The van der Waals surface area contributed by atoms with Crippen molar-refractivity contribution in [1.29, 1.82) is 0 Å². The van der Waals surface area contributed by atoms with Gasteiger partial charge in [0.1, 0.15) is 25.1 Å². The Hall–Kier alpha value is -6.31. The third-order valence-corrected chi connectivity index (χ3v) is 5.05. The van der Waals surface area contributed by atoms with Gasteiger partial charge < -0.3 is 60.8 Å². The Morgan fingerprint density at radius 2 is 0.768 bits per heavy atom. The molecule has 318 valence electrons. The lowest BCUT2D eigenvalue weighted by Gasteiger charge is -2.28. The summed E-state index contributed by atoms with van der Waals surface area (Å²) in [6, 6.07) is 18.9. The molecule has 9 N–H and O–H groups in total. The standard InChI is InChI=1S/C6H6NO6P.3C6H5NO3.4CH4.HO4P.3H2O/c8-7(9)5-1-3-6(4-2-5)13-14(10,11)12;3*8-6-3-1-5(2-4-6)7(9)10;;;;;1-4-5(2)3;;;/h1-4H,(H2,10,11,12);3*1-4,8H;4*1H4;1H;3*1H2/p-3. The first-order valence-electron chi connectivity index (χ1n) is 11.9. The number of hydrogen-bond donors (Lipinski definition) is 2. The summed E-state index contributed by atoms with van der Waals surface area (Å²) in [5.74, 6) is -0.397. The van der Waals surface area contributed by atoms with E-state index in [9.17, 15) is 59.9 Å². The molecular weight excluding hydrogens is 806 g/mol. The van der Waals surface area contributed by atoms with Crippen molar-refractivity contribution in [2.24, 2.45) is 0 Å². The number of non-ortho nitro benzene ring substituents is 4. The number of rotatable bonds is 7. The zero-order valence-corrected chi connectivity index (χ0v) is 27.1. The minimum Gasteiger partial charge on any atom is -0.872 e. The van der Waals surface area contributed by atoms with Gasteiger partial charge in [-0.25, -0.2) is 4.67 Å². The van der Waals surface area contributed by atoms with E-state index in [4.69, 9.17) is 24.9 Å². The first-order valence-corrected chi connectivity index (χ1v) is 14.5. The number of nitrogens with zero attached hydrogens (tertiary/aromatic N) is 4. The maximum atomic E-state index is 10.4. The van der Waals surface area contributed by atoms with Crippen molar-refractivity contribution in [3.8, 4) is 23.0 Å². The fourth-order valence-corrected chi connectivity index (χ4v) is 2.85. The van der Waals surface area contributed by atoms with E-state index in [0.29, 0.717) is 0 Å². The lowest BCUT2D eigenvalue weighted by Crippen LogP contribution is -2.18. The van der Waals surface area contributed by atoms with Crippen LogP contribution in [0.5, 0.6) is 23.0 Å². The maximum Gasteiger partial charge on any atom is 0.479 e. The molecule has 0 aromatic heterocycles. The van der Waals surface area contributed by atoms with Gasteiger partial charge in [-0.1, -0.05) is 41.8 Å². The molecule has 0 aliphatic rings. The lowest BCUT2D eigenvalue weighted by atomic mass is 10.3. The molecule has 0 heterocycles. The summed E-state index contributed by atoms with van der Waals surface area (Å²) in [6.07, 6.45) is 0. The highest BCUT2D eigenvalue weighted by Gasteiger charge is 2.05. The highest BCUT2D eigenvalue weighted by Crippen LogP contribution is 2.30. The van der Waals surface area contributed by atoms with E-state index in [0.717, 1.165) is 36.4 Å². The highest BCUT2D eigenvalue weighted by molar-refractivity contribution is 7.43. The molecule has 1 atom stereocenters. The molecule has 4 aromatic rings. The Morgan fingerprint density at radius 3 is 0.964 bits per heavy atom. The van der Waals surface area contributed by atoms with Crippen molar-refractivity contribution in [3.05, 3.63) is 138 Å². The number of phenolic OH excluding ortho intramolecular Hbond substituents is 2. The summed E-state index contributed by atoms with van der Waals surface area (Å²) < 4.78 is 25.4. The van der Waals surface area contributed by atoms with Gasteiger partial charge >= 0.3 is 8.25 Å². The maximum absolute atomic E-state index is 10.4. The van der Waals surface area contributed by atoms with Gasteiger partial charge in [0.25, 0.3) is 22.7 Å². The van der Waals surface area contributed by atoms with Gasteiger partial charge in [0, 0.05) is 48.5 Å². The number of phenols is 2. The van der Waals surface area contributed by atoms with Crippen LogP contribution in [0.2, 0.25) is 0 Å². The van der Waals surface area contributed by atoms with Gasteiger partial charge in [0.2, 0.25) is 0 Å². The Bertz CT molecular complexity index is 1590. The Balaban J connectivity index is -0.0000000851. The van der Waals surface area contributed by atoms with Gasteiger partial charge in [-0.3, -0.25) is 40.5 Å². The van der Waals surface area contributed by atoms with Crippen molar-refractivity contribution in [3.63, 3.8) is 0 Å². The average Bonchev–Trinajstić information content (AvgIpc) is 3.02. The first-order chi connectivity index (χ1) is 22.7. The Kier molecular flexibility index (Phi) is 41.7. The molecule has 26 nitrogen and oxygen atoms in total. The largest absolute Gasteiger partial charge is 0.872 e. The number of hydrogen-bond acceptors (Lipinski definition) is 19. The molecule has 0 saturated heterocycles. The fraction of sp³-hybridized carbons (Fsp3) is 0.143. The summed E-state index contributed by atoms with van der Waals surface area (Å²) in [5.41, 5.74) is -0.306. The minimum absolute atomic E-state index is 0. The Morgan fingerprint density at radius 1 is 0.554 bits per heavy atom. The monoisotopic (exact) mass is 847 g/mol. The normalized spacial score (nSPS) is 8.68. The number of aromatic hydroxyl groups is 2. The zero-order chi connectivity index (χ0) is 37.7. The van der Waals surface area contributed by atoms with Crippen molar-refractivity contribution in [2.45, 2.75) is 29.7 Å². The SMILES string of the molecule is C.C.C.C.O.O.O=[N+]([O-])c1ccc(O)cc1.O=[N+]([O-])c1ccc(O)cc1.O=[N+]([O-])c1ccc(OP(=O)([O-])[O-])cc1.O=[N+]([O-])c1ccc([O-])cc1.O=[P+]([O-])O[O-].[OH3+]. The van der Waals surface area contributed by atoms with Gasteiger partial charge in [-0.05, 0) is 41.0 Å². The molecule has 56 heavy (non-hydrogen) atoms. The second kappa shape index (κ2) is 34.5. The predicted octanol–water partition coefficient (Wildman–Crippen LogP) is 1.34. The smallest absolute Gasteiger partial charge is 0.479 e. The topological polar surface area (TPSA) is 477 Å². The molecule has 0 radical (unpaired) electrons. The molecule has 4 aromatic carbocycles. The van der Waals surface area contributed by atoms with Crippen LogP contribution in [-0.2, 0) is 19.3 Å². The van der Waals surface area contributed by atoms with E-state index in [2.05, 4.69) is 9.20 Å². The molecule has 0 bridgehead atoms. The number of phosphoric acid groups is 1. The third-order valence-electron chi connectivity index (χ3n) is 4.49. The number of phosphoric ester groups is 1. The van der Waals surface area contributed by atoms with Crippen LogP contribution in [0.25, 0.3) is 0 Å². The van der Waals surface area contributed by atoms with E-state index in [-0.39, 0.29) is 91.9 Å². The van der Waals surface area contributed by atoms with Crippen LogP contribution in [0.15, 0.2) is 97.1 Å². The summed E-state index contributed by atoms with van der Waals surface area (Å²) in [6.45, 7) is 0. The predicted molar refractivity (Wildman–Crippen MR) is 191 cm³/mol. The number of nitro benzene ring substituents is 4. The molecule has 0 amide bonds. The van der Waals surface area contributed by atoms with Crippen LogP contribution in [0.1, 0.15) is 29.7 Å². The number of benzene rings is 4. The molecule has 0 aliphatic carbocycles. The van der Waals surface area contributed by atoms with Gasteiger partial charge in [0.05, 0.1) is 19.7 Å². The van der Waals surface area contributed by atoms with Crippen molar-refractivity contribution >= 4 is 38.8 Å². The van der Waals surface area contributed by atoms with Crippen LogP contribution >= 0.6 is 16.1 Å². The van der Waals surface area contributed by atoms with E-state index in [1.807, 2.05) is 0 Å². The summed E-state index contributed by atoms with van der Waals surface area (Å²) in [7, 11) is -8.25. The molecule has 0 saturated carbocycles. The number of nitro groups is 4. The molecule has 0 fully saturated rings. The van der Waals surface area contributed by atoms with E-state index in [1.54, 1.807) is 0 Å². The van der Waals surface area contributed by atoms with Gasteiger partial charge in [-0.2, -0.15) is 0 Å². The summed E-state index contributed by atoms with van der Waals surface area (Å²) in [5, 5.41) is 76.7. The summed E-state index contributed by atoms with van der Waals surface area (Å²) >= 11 is 0. The minimum atomic E-state index is -5.10. The Labute approximate surface area is 318 Å². The van der Waals surface area contributed by atoms with Crippen LogP contribution in [0.4, 0.5) is 22.7 Å². The van der Waals surface area contributed by atoms with Crippen molar-refractivity contribution in [1.82, 2.24) is 0 Å². The molecule has 0 aliphatic heterocycles. The van der Waals surface area contributed by atoms with Crippen LogP contribution in [0, 0.1) is 40.5 Å².